The second-order valence-electron chi connectivity index (χ2n) is 6.30. The number of rotatable bonds is 8. The second-order valence-corrected chi connectivity index (χ2v) is 8.19. The smallest absolute Gasteiger partial charge is 0.192 e. The first-order valence-corrected chi connectivity index (χ1v) is 10.9. The molecule has 4 rings (SSSR count). The number of Topliss-reactive ketones (excluding diaryl/α,β-unsaturated/α-hetero) is 1. The van der Waals surface area contributed by atoms with Gasteiger partial charge >= 0.3 is 0 Å². The van der Waals surface area contributed by atoms with Crippen molar-refractivity contribution in [3.05, 3.63) is 83.2 Å². The molecule has 29 heavy (non-hydrogen) atoms. The van der Waals surface area contributed by atoms with E-state index in [0.717, 1.165) is 27.2 Å². The lowest BCUT2D eigenvalue weighted by molar-refractivity contribution is 0.102. The van der Waals surface area contributed by atoms with Gasteiger partial charge in [-0.25, -0.2) is 0 Å². The van der Waals surface area contributed by atoms with E-state index < -0.39 is 0 Å². The van der Waals surface area contributed by atoms with Gasteiger partial charge in [0.05, 0.1) is 24.3 Å². The van der Waals surface area contributed by atoms with E-state index in [9.17, 15) is 4.79 Å². The lowest BCUT2D eigenvalue weighted by Crippen LogP contribution is -2.07. The monoisotopic (exact) mass is 421 g/mol. The van der Waals surface area contributed by atoms with Gasteiger partial charge in [-0.05, 0) is 41.3 Å². The van der Waals surface area contributed by atoms with Gasteiger partial charge in [0, 0.05) is 5.56 Å². The fraction of sp³-hybridized carbons (Fsp3) is 0.136. The largest absolute Gasteiger partial charge is 0.497 e. The fourth-order valence-corrected chi connectivity index (χ4v) is 4.43. The molecule has 0 saturated carbocycles. The maximum absolute atomic E-state index is 12.6. The minimum Gasteiger partial charge on any atom is -0.497 e. The number of carbonyl (C=O) groups is 1. The third-order valence-electron chi connectivity index (χ3n) is 4.39. The molecular formula is C22H19N3O2S2. The number of aromatic nitrogens is 3. The Hall–Kier alpha value is -2.90. The highest BCUT2D eigenvalue weighted by Crippen LogP contribution is 2.28. The van der Waals surface area contributed by atoms with Gasteiger partial charge in [-0.3, -0.25) is 9.36 Å². The topological polar surface area (TPSA) is 57.0 Å². The molecule has 0 atom stereocenters. The molecule has 4 aromatic rings. The Balaban J connectivity index is 1.55. The second kappa shape index (κ2) is 9.07. The zero-order valence-corrected chi connectivity index (χ0v) is 17.5. The maximum Gasteiger partial charge on any atom is 0.192 e. The van der Waals surface area contributed by atoms with Crippen molar-refractivity contribution in [1.82, 2.24) is 14.8 Å². The molecule has 7 heteroatoms. The van der Waals surface area contributed by atoms with Crippen LogP contribution in [0.25, 0.3) is 10.7 Å². The number of hydrogen-bond donors (Lipinski definition) is 0. The number of thiophene rings is 1. The van der Waals surface area contributed by atoms with Gasteiger partial charge in [0.25, 0.3) is 0 Å². The normalized spacial score (nSPS) is 10.8. The van der Waals surface area contributed by atoms with Crippen LogP contribution in [0.5, 0.6) is 5.75 Å². The van der Waals surface area contributed by atoms with Crippen molar-refractivity contribution in [3.63, 3.8) is 0 Å². The summed E-state index contributed by atoms with van der Waals surface area (Å²) in [5, 5.41) is 11.5. The van der Waals surface area contributed by atoms with Gasteiger partial charge in [0.1, 0.15) is 5.75 Å². The SMILES string of the molecule is COc1ccc(C(=O)CSc2nnc(-c3cccs3)n2Cc2ccccc2)cc1. The number of methoxy groups -OCH3 is 1. The maximum atomic E-state index is 12.6. The van der Waals surface area contributed by atoms with Crippen LogP contribution in [0.15, 0.2) is 77.3 Å². The Labute approximate surface area is 177 Å². The molecule has 2 aromatic carbocycles. The van der Waals surface area contributed by atoms with Gasteiger partial charge < -0.3 is 4.74 Å². The summed E-state index contributed by atoms with van der Waals surface area (Å²) < 4.78 is 7.23. The van der Waals surface area contributed by atoms with E-state index >= 15 is 0 Å². The van der Waals surface area contributed by atoms with Crippen LogP contribution in [0.4, 0.5) is 0 Å². The molecule has 0 fully saturated rings. The summed E-state index contributed by atoms with van der Waals surface area (Å²) in [4.78, 5) is 13.7. The summed E-state index contributed by atoms with van der Waals surface area (Å²) in [5.41, 5.74) is 1.82. The highest BCUT2D eigenvalue weighted by atomic mass is 32.2. The van der Waals surface area contributed by atoms with Gasteiger partial charge in [0.2, 0.25) is 0 Å². The molecule has 0 aliphatic carbocycles. The first-order chi connectivity index (χ1) is 14.2. The van der Waals surface area contributed by atoms with Crippen LogP contribution in [0, 0.1) is 0 Å². The molecule has 2 heterocycles. The van der Waals surface area contributed by atoms with Gasteiger partial charge in [-0.15, -0.1) is 21.5 Å². The molecule has 5 nitrogen and oxygen atoms in total. The van der Waals surface area contributed by atoms with Crippen LogP contribution in [0.1, 0.15) is 15.9 Å². The highest BCUT2D eigenvalue weighted by Gasteiger charge is 2.17. The minimum absolute atomic E-state index is 0.0459. The van der Waals surface area contributed by atoms with E-state index in [1.165, 1.54) is 11.8 Å². The minimum atomic E-state index is 0.0459. The Bertz CT molecular complexity index is 1080. The summed E-state index contributed by atoms with van der Waals surface area (Å²) in [7, 11) is 1.61. The highest BCUT2D eigenvalue weighted by molar-refractivity contribution is 7.99. The Morgan fingerprint density at radius 3 is 2.52 bits per heavy atom. The molecule has 0 radical (unpaired) electrons. The molecule has 2 aromatic heterocycles. The molecule has 0 spiro atoms. The standard InChI is InChI=1S/C22H19N3O2S2/c1-27-18-11-9-17(10-12-18)19(26)15-29-22-24-23-21(20-8-5-13-28-20)25(22)14-16-6-3-2-4-7-16/h2-13H,14-15H2,1H3. The average molecular weight is 422 g/mol. The van der Waals surface area contributed by atoms with Gasteiger partial charge in [-0.2, -0.15) is 0 Å². The summed E-state index contributed by atoms with van der Waals surface area (Å²) in [6.45, 7) is 0.653. The molecule has 0 N–H and O–H groups in total. The Morgan fingerprint density at radius 2 is 1.83 bits per heavy atom. The molecule has 0 saturated heterocycles. The van der Waals surface area contributed by atoms with E-state index in [4.69, 9.17) is 4.74 Å². The summed E-state index contributed by atoms with van der Waals surface area (Å²) in [6, 6.07) is 21.4. The van der Waals surface area contributed by atoms with Crippen LogP contribution in [0.2, 0.25) is 0 Å². The molecule has 146 valence electrons. The van der Waals surface area contributed by atoms with E-state index in [1.54, 1.807) is 42.7 Å². The molecule has 0 aliphatic heterocycles. The third-order valence-corrected chi connectivity index (χ3v) is 6.22. The first kappa shape index (κ1) is 19.4. The van der Waals surface area contributed by atoms with Gasteiger partial charge in [0.15, 0.2) is 16.8 Å². The van der Waals surface area contributed by atoms with Crippen molar-refractivity contribution >= 4 is 28.9 Å². The van der Waals surface area contributed by atoms with Crippen molar-refractivity contribution in [2.24, 2.45) is 0 Å². The van der Waals surface area contributed by atoms with Crippen LogP contribution < -0.4 is 4.74 Å². The predicted octanol–water partition coefficient (Wildman–Crippen LogP) is 5.04. The molecular weight excluding hydrogens is 402 g/mol. The molecule has 0 bridgehead atoms. The van der Waals surface area contributed by atoms with Crippen molar-refractivity contribution in [3.8, 4) is 16.5 Å². The van der Waals surface area contributed by atoms with Crippen LogP contribution in [-0.4, -0.2) is 33.4 Å². The molecule has 0 unspecified atom stereocenters. The van der Waals surface area contributed by atoms with Crippen LogP contribution in [-0.2, 0) is 6.54 Å². The van der Waals surface area contributed by atoms with Gasteiger partial charge in [-0.1, -0.05) is 48.2 Å². The van der Waals surface area contributed by atoms with Crippen LogP contribution in [0.3, 0.4) is 0 Å². The van der Waals surface area contributed by atoms with Crippen molar-refractivity contribution in [2.75, 3.05) is 12.9 Å². The number of nitrogens with zero attached hydrogens (tertiary/aromatic N) is 3. The van der Waals surface area contributed by atoms with E-state index in [0.29, 0.717) is 17.9 Å². The summed E-state index contributed by atoms with van der Waals surface area (Å²) >= 11 is 3.04. The summed E-state index contributed by atoms with van der Waals surface area (Å²) in [5.74, 6) is 1.90. The van der Waals surface area contributed by atoms with Crippen LogP contribution >= 0.6 is 23.1 Å². The molecule has 0 aliphatic rings. The number of ether oxygens (including phenoxy) is 1. The quantitative estimate of drug-likeness (QED) is 0.295. The summed E-state index contributed by atoms with van der Waals surface area (Å²) in [6.07, 6.45) is 0. The average Bonchev–Trinajstić information content (AvgIpc) is 3.43. The fourth-order valence-electron chi connectivity index (χ4n) is 2.88. The Kier molecular flexibility index (Phi) is 6.07. The van der Waals surface area contributed by atoms with Crippen molar-refractivity contribution in [1.29, 1.82) is 0 Å². The van der Waals surface area contributed by atoms with Crippen molar-refractivity contribution < 1.29 is 9.53 Å². The predicted molar refractivity (Wildman–Crippen MR) is 117 cm³/mol. The number of benzene rings is 2. The zero-order chi connectivity index (χ0) is 20.1. The third kappa shape index (κ3) is 4.58. The lowest BCUT2D eigenvalue weighted by Gasteiger charge is -2.09. The number of hydrogen-bond acceptors (Lipinski definition) is 6. The van der Waals surface area contributed by atoms with E-state index in [1.807, 2.05) is 35.7 Å². The van der Waals surface area contributed by atoms with E-state index in [-0.39, 0.29) is 5.78 Å². The zero-order valence-electron chi connectivity index (χ0n) is 15.8. The lowest BCUT2D eigenvalue weighted by atomic mass is 10.1. The van der Waals surface area contributed by atoms with E-state index in [2.05, 4.69) is 26.9 Å². The first-order valence-electron chi connectivity index (χ1n) is 9.05. The number of carbonyl (C=O) groups excluding carboxylic acids is 1. The molecule has 0 amide bonds. The Morgan fingerprint density at radius 1 is 1.03 bits per heavy atom. The number of thioether (sulfide) groups is 1. The van der Waals surface area contributed by atoms with Crippen molar-refractivity contribution in [2.45, 2.75) is 11.7 Å². The number of ketones is 1.